The molecular formula is C7H7ClN2S. The molecule has 2 nitrogen and oxygen atoms in total. The smallest absolute Gasteiger partial charge is 0.0931 e. The molecule has 0 radical (unpaired) electrons. The van der Waals surface area contributed by atoms with Gasteiger partial charge in [0.05, 0.1) is 22.9 Å². The lowest BCUT2D eigenvalue weighted by atomic mass is 10.2. The van der Waals surface area contributed by atoms with Crippen LogP contribution in [0.1, 0.15) is 17.3 Å². The third kappa shape index (κ3) is 2.19. The standard InChI is InChI=1S/C7H7ClN2S/c8-7-2-1-6(11-7)5(10)3-4-9/h1-2,5H,3,10H2. The number of halogens is 1. The topological polar surface area (TPSA) is 49.8 Å². The lowest BCUT2D eigenvalue weighted by molar-refractivity contribution is 0.765. The summed E-state index contributed by atoms with van der Waals surface area (Å²) in [6.07, 6.45) is 0.344. The van der Waals surface area contributed by atoms with E-state index in [0.717, 1.165) is 4.88 Å². The van der Waals surface area contributed by atoms with Gasteiger partial charge in [0.2, 0.25) is 0 Å². The number of hydrogen-bond donors (Lipinski definition) is 1. The van der Waals surface area contributed by atoms with Crippen molar-refractivity contribution >= 4 is 22.9 Å². The molecule has 1 unspecified atom stereocenters. The van der Waals surface area contributed by atoms with Crippen molar-refractivity contribution in [1.29, 1.82) is 5.26 Å². The van der Waals surface area contributed by atoms with Gasteiger partial charge < -0.3 is 5.73 Å². The minimum atomic E-state index is -0.183. The molecule has 4 heteroatoms. The SMILES string of the molecule is N#CCC(N)c1ccc(Cl)s1. The lowest BCUT2D eigenvalue weighted by Crippen LogP contribution is -2.06. The van der Waals surface area contributed by atoms with E-state index in [0.29, 0.717) is 10.8 Å². The van der Waals surface area contributed by atoms with Gasteiger partial charge in [-0.3, -0.25) is 0 Å². The number of rotatable bonds is 2. The summed E-state index contributed by atoms with van der Waals surface area (Å²) < 4.78 is 0.716. The molecule has 1 atom stereocenters. The van der Waals surface area contributed by atoms with Gasteiger partial charge in [0.15, 0.2) is 0 Å². The predicted molar refractivity (Wildman–Crippen MR) is 46.5 cm³/mol. The second-order valence-corrected chi connectivity index (χ2v) is 3.86. The quantitative estimate of drug-likeness (QED) is 0.771. The van der Waals surface area contributed by atoms with E-state index in [2.05, 4.69) is 0 Å². The van der Waals surface area contributed by atoms with Gasteiger partial charge >= 0.3 is 0 Å². The first kappa shape index (κ1) is 8.54. The Morgan fingerprint density at radius 2 is 2.45 bits per heavy atom. The molecule has 0 saturated carbocycles. The van der Waals surface area contributed by atoms with Gasteiger partial charge in [-0.25, -0.2) is 0 Å². The molecule has 0 aliphatic carbocycles. The molecule has 0 spiro atoms. The van der Waals surface area contributed by atoms with Crippen LogP contribution in [-0.4, -0.2) is 0 Å². The fourth-order valence-corrected chi connectivity index (χ4v) is 1.79. The van der Waals surface area contributed by atoms with Gasteiger partial charge in [-0.2, -0.15) is 5.26 Å². The molecule has 11 heavy (non-hydrogen) atoms. The number of thiophene rings is 1. The first-order valence-corrected chi connectivity index (χ1v) is 4.31. The number of nitrogens with two attached hydrogens (primary N) is 1. The summed E-state index contributed by atoms with van der Waals surface area (Å²) in [6, 6.07) is 5.48. The van der Waals surface area contributed by atoms with Crippen LogP contribution in [0.25, 0.3) is 0 Å². The molecular weight excluding hydrogens is 180 g/mol. The molecule has 0 saturated heterocycles. The average Bonchev–Trinajstić information content (AvgIpc) is 2.36. The maximum Gasteiger partial charge on any atom is 0.0931 e. The molecule has 0 aromatic carbocycles. The third-order valence-corrected chi connectivity index (χ3v) is 2.63. The average molecular weight is 187 g/mol. The Bertz CT molecular complexity index is 276. The second kappa shape index (κ2) is 3.72. The van der Waals surface area contributed by atoms with Gasteiger partial charge in [-0.05, 0) is 12.1 Å². The molecule has 58 valence electrons. The molecule has 0 aliphatic heterocycles. The Balaban J connectivity index is 2.70. The monoisotopic (exact) mass is 186 g/mol. The molecule has 0 bridgehead atoms. The van der Waals surface area contributed by atoms with Crippen molar-refractivity contribution in [2.75, 3.05) is 0 Å². The summed E-state index contributed by atoms with van der Waals surface area (Å²) in [5.74, 6) is 0. The first-order valence-electron chi connectivity index (χ1n) is 3.12. The number of nitriles is 1. The number of nitrogens with zero attached hydrogens (tertiary/aromatic N) is 1. The summed E-state index contributed by atoms with van der Waals surface area (Å²) in [6.45, 7) is 0. The van der Waals surface area contributed by atoms with Gasteiger partial charge in [0.1, 0.15) is 0 Å². The largest absolute Gasteiger partial charge is 0.322 e. The molecule has 1 aromatic rings. The Morgan fingerprint density at radius 3 is 2.91 bits per heavy atom. The normalized spacial score (nSPS) is 12.5. The van der Waals surface area contributed by atoms with Crippen molar-refractivity contribution in [1.82, 2.24) is 0 Å². The zero-order valence-corrected chi connectivity index (χ0v) is 7.32. The summed E-state index contributed by atoms with van der Waals surface area (Å²) in [5.41, 5.74) is 5.65. The van der Waals surface area contributed by atoms with E-state index >= 15 is 0 Å². The highest BCUT2D eigenvalue weighted by molar-refractivity contribution is 7.16. The zero-order chi connectivity index (χ0) is 8.27. The van der Waals surface area contributed by atoms with Crippen molar-refractivity contribution in [2.45, 2.75) is 12.5 Å². The Kier molecular flexibility index (Phi) is 2.89. The van der Waals surface area contributed by atoms with Crippen molar-refractivity contribution in [3.8, 4) is 6.07 Å². The van der Waals surface area contributed by atoms with Crippen molar-refractivity contribution in [3.63, 3.8) is 0 Å². The minimum Gasteiger partial charge on any atom is -0.322 e. The van der Waals surface area contributed by atoms with Crippen LogP contribution in [0.4, 0.5) is 0 Å². The molecule has 0 amide bonds. The zero-order valence-electron chi connectivity index (χ0n) is 5.75. The molecule has 1 heterocycles. The Morgan fingerprint density at radius 1 is 1.73 bits per heavy atom. The van der Waals surface area contributed by atoms with E-state index in [9.17, 15) is 0 Å². The van der Waals surface area contributed by atoms with Gasteiger partial charge in [0.25, 0.3) is 0 Å². The third-order valence-electron chi connectivity index (χ3n) is 1.27. The van der Waals surface area contributed by atoms with Crippen LogP contribution in [0.15, 0.2) is 12.1 Å². The van der Waals surface area contributed by atoms with Crippen LogP contribution >= 0.6 is 22.9 Å². The van der Waals surface area contributed by atoms with Crippen LogP contribution in [0.3, 0.4) is 0 Å². The minimum absolute atomic E-state index is 0.183. The van der Waals surface area contributed by atoms with Gasteiger partial charge in [-0.15, -0.1) is 11.3 Å². The Hall–Kier alpha value is -0.560. The first-order chi connectivity index (χ1) is 5.24. The molecule has 1 aromatic heterocycles. The van der Waals surface area contributed by atoms with E-state index in [1.807, 2.05) is 12.1 Å². The second-order valence-electron chi connectivity index (χ2n) is 2.11. The molecule has 0 fully saturated rings. The van der Waals surface area contributed by atoms with Crippen LogP contribution in [0.5, 0.6) is 0 Å². The fraction of sp³-hybridized carbons (Fsp3) is 0.286. The van der Waals surface area contributed by atoms with Gasteiger partial charge in [0, 0.05) is 4.88 Å². The van der Waals surface area contributed by atoms with Crippen molar-refractivity contribution in [3.05, 3.63) is 21.3 Å². The van der Waals surface area contributed by atoms with Crippen LogP contribution < -0.4 is 5.73 Å². The maximum atomic E-state index is 8.35. The van der Waals surface area contributed by atoms with E-state index in [-0.39, 0.29) is 6.04 Å². The lowest BCUT2D eigenvalue weighted by Gasteiger charge is -2.01. The summed E-state index contributed by atoms with van der Waals surface area (Å²) in [7, 11) is 0. The maximum absolute atomic E-state index is 8.35. The van der Waals surface area contributed by atoms with Crippen molar-refractivity contribution < 1.29 is 0 Å². The van der Waals surface area contributed by atoms with Gasteiger partial charge in [-0.1, -0.05) is 11.6 Å². The van der Waals surface area contributed by atoms with Crippen LogP contribution in [0, 0.1) is 11.3 Å². The van der Waals surface area contributed by atoms with E-state index < -0.39 is 0 Å². The van der Waals surface area contributed by atoms with E-state index in [4.69, 9.17) is 22.6 Å². The van der Waals surface area contributed by atoms with Crippen molar-refractivity contribution in [2.24, 2.45) is 5.73 Å². The highest BCUT2D eigenvalue weighted by atomic mass is 35.5. The molecule has 1 rings (SSSR count). The number of hydrogen-bond acceptors (Lipinski definition) is 3. The fourth-order valence-electron chi connectivity index (χ4n) is 0.727. The van der Waals surface area contributed by atoms with E-state index in [1.165, 1.54) is 11.3 Å². The summed E-state index contributed by atoms with van der Waals surface area (Å²) >= 11 is 7.11. The summed E-state index contributed by atoms with van der Waals surface area (Å²) in [4.78, 5) is 0.969. The molecule has 0 aliphatic rings. The highest BCUT2D eigenvalue weighted by Crippen LogP contribution is 2.26. The highest BCUT2D eigenvalue weighted by Gasteiger charge is 2.06. The predicted octanol–water partition coefficient (Wildman–Crippen LogP) is 2.31. The van der Waals surface area contributed by atoms with Crippen LogP contribution in [0.2, 0.25) is 4.34 Å². The summed E-state index contributed by atoms with van der Waals surface area (Å²) in [5, 5.41) is 8.35. The van der Waals surface area contributed by atoms with E-state index in [1.54, 1.807) is 6.07 Å². The van der Waals surface area contributed by atoms with Crippen LogP contribution in [-0.2, 0) is 0 Å². The molecule has 2 N–H and O–H groups in total. The Labute approximate surface area is 74.2 Å².